The maximum absolute atomic E-state index is 11.3. The van der Waals surface area contributed by atoms with Gasteiger partial charge in [-0.05, 0) is 28.0 Å². The van der Waals surface area contributed by atoms with E-state index in [9.17, 15) is 9.59 Å². The van der Waals surface area contributed by atoms with E-state index in [2.05, 4.69) is 6.42 Å². The number of hydrogen-bond donors (Lipinski definition) is 0. The molecule has 16 heavy (non-hydrogen) atoms. The first-order valence-corrected chi connectivity index (χ1v) is 5.10. The molecule has 0 aliphatic heterocycles. The van der Waals surface area contributed by atoms with Crippen LogP contribution in [0.2, 0.25) is 0 Å². The van der Waals surface area contributed by atoms with Gasteiger partial charge in [0.15, 0.2) is 0 Å². The Kier molecular flexibility index (Phi) is 1.90. The van der Waals surface area contributed by atoms with Crippen molar-refractivity contribution in [2.75, 3.05) is 0 Å². The van der Waals surface area contributed by atoms with Gasteiger partial charge in [-0.1, -0.05) is 30.3 Å². The van der Waals surface area contributed by atoms with Crippen molar-refractivity contribution in [3.8, 4) is 0 Å². The van der Waals surface area contributed by atoms with Crippen molar-refractivity contribution in [1.29, 1.82) is 0 Å². The van der Waals surface area contributed by atoms with E-state index in [-0.39, 0.29) is 12.2 Å². The second-order valence-electron chi connectivity index (χ2n) is 3.91. The van der Waals surface area contributed by atoms with Crippen molar-refractivity contribution in [2.45, 2.75) is 6.42 Å². The fourth-order valence-corrected chi connectivity index (χ4v) is 2.00. The van der Waals surface area contributed by atoms with E-state index in [0.29, 0.717) is 0 Å². The van der Waals surface area contributed by atoms with Gasteiger partial charge >= 0.3 is 0 Å². The molecule has 2 aromatic rings. The molecule has 0 atom stereocenters. The lowest BCUT2D eigenvalue weighted by Gasteiger charge is -2.14. The van der Waals surface area contributed by atoms with Crippen molar-refractivity contribution in [1.82, 2.24) is 0 Å². The van der Waals surface area contributed by atoms with Gasteiger partial charge in [0.2, 0.25) is 11.6 Å². The van der Waals surface area contributed by atoms with Gasteiger partial charge < -0.3 is 0 Å². The Morgan fingerprint density at radius 2 is 1.69 bits per heavy atom. The minimum atomic E-state index is -0.511. The molecular formula is C14H8O2. The van der Waals surface area contributed by atoms with E-state index < -0.39 is 5.78 Å². The molecule has 0 heterocycles. The topological polar surface area (TPSA) is 34.1 Å². The van der Waals surface area contributed by atoms with Crippen LogP contribution in [0, 0.1) is 6.42 Å². The summed E-state index contributed by atoms with van der Waals surface area (Å²) in [6, 6.07) is 11.8. The first-order valence-electron chi connectivity index (χ1n) is 5.10. The van der Waals surface area contributed by atoms with E-state index in [4.69, 9.17) is 0 Å². The number of Topliss-reactive ketones (excluding diaryl/α,β-unsaturated/α-hetero) is 2. The number of fused-ring (bicyclic) bond motifs is 2. The molecule has 0 unspecified atom stereocenters. The molecular weight excluding hydrogens is 200 g/mol. The van der Waals surface area contributed by atoms with Crippen LogP contribution in [0.1, 0.15) is 11.1 Å². The quantitative estimate of drug-likeness (QED) is 0.620. The van der Waals surface area contributed by atoms with Crippen LogP contribution in [-0.2, 0) is 16.0 Å². The highest BCUT2D eigenvalue weighted by molar-refractivity contribution is 6.43. The molecule has 2 heteroatoms. The lowest BCUT2D eigenvalue weighted by atomic mass is 9.88. The second-order valence-corrected chi connectivity index (χ2v) is 3.91. The lowest BCUT2D eigenvalue weighted by Crippen LogP contribution is -2.23. The summed E-state index contributed by atoms with van der Waals surface area (Å²) in [6.45, 7) is 0. The average Bonchev–Trinajstić information content (AvgIpc) is 2.28. The third-order valence-corrected chi connectivity index (χ3v) is 2.82. The summed E-state index contributed by atoms with van der Waals surface area (Å²) >= 11 is 0. The lowest BCUT2D eigenvalue weighted by molar-refractivity contribution is -0.134. The summed E-state index contributed by atoms with van der Waals surface area (Å²) in [5.74, 6) is -0.884. The van der Waals surface area contributed by atoms with Crippen LogP contribution in [-0.4, -0.2) is 11.6 Å². The Hall–Kier alpha value is -1.96. The average molecular weight is 208 g/mol. The molecule has 76 valence electrons. The molecule has 0 aromatic heterocycles. The molecule has 3 rings (SSSR count). The van der Waals surface area contributed by atoms with Crippen molar-refractivity contribution in [2.24, 2.45) is 0 Å². The Bertz CT molecular complexity index is 557. The van der Waals surface area contributed by atoms with Gasteiger partial charge in [-0.2, -0.15) is 0 Å². The summed E-state index contributed by atoms with van der Waals surface area (Å²) in [5.41, 5.74) is 1.65. The summed E-state index contributed by atoms with van der Waals surface area (Å²) in [5, 5.41) is 2.15. The summed E-state index contributed by atoms with van der Waals surface area (Å²) in [6.07, 6.45) is 2.81. The van der Waals surface area contributed by atoms with Crippen LogP contribution >= 0.6 is 0 Å². The van der Waals surface area contributed by atoms with Crippen LogP contribution in [0.3, 0.4) is 0 Å². The second kappa shape index (κ2) is 3.27. The van der Waals surface area contributed by atoms with Gasteiger partial charge in [0.05, 0.1) is 6.42 Å². The monoisotopic (exact) mass is 208 g/mol. The first kappa shape index (κ1) is 9.28. The molecule has 1 aliphatic rings. The van der Waals surface area contributed by atoms with Crippen molar-refractivity contribution < 1.29 is 9.59 Å². The van der Waals surface area contributed by atoms with Gasteiger partial charge in [0, 0.05) is 6.42 Å². The van der Waals surface area contributed by atoms with Gasteiger partial charge in [-0.3, -0.25) is 9.59 Å². The molecule has 0 amide bonds. The van der Waals surface area contributed by atoms with Gasteiger partial charge in [-0.25, -0.2) is 0 Å². The Balaban J connectivity index is 2.24. The molecule has 2 nitrogen and oxygen atoms in total. The number of benzene rings is 2. The zero-order valence-corrected chi connectivity index (χ0v) is 8.49. The minimum Gasteiger partial charge on any atom is -0.290 e. The molecule has 0 fully saturated rings. The van der Waals surface area contributed by atoms with Crippen LogP contribution in [0.5, 0.6) is 0 Å². The molecule has 0 N–H and O–H groups in total. The first-order chi connectivity index (χ1) is 7.74. The smallest absolute Gasteiger partial charge is 0.212 e. The maximum Gasteiger partial charge on any atom is 0.212 e. The van der Waals surface area contributed by atoms with Crippen molar-refractivity contribution >= 4 is 22.3 Å². The van der Waals surface area contributed by atoms with Gasteiger partial charge in [0.1, 0.15) is 0 Å². The van der Waals surface area contributed by atoms with Gasteiger partial charge in [-0.15, -0.1) is 0 Å². The predicted molar refractivity (Wildman–Crippen MR) is 60.0 cm³/mol. The Morgan fingerprint density at radius 1 is 1.00 bits per heavy atom. The SMILES string of the molecule is O=C1[C]c2cc3ccccc3cc2CC1=O. The van der Waals surface area contributed by atoms with E-state index >= 15 is 0 Å². The van der Waals surface area contributed by atoms with Crippen LogP contribution < -0.4 is 0 Å². The number of ketones is 2. The van der Waals surface area contributed by atoms with Crippen molar-refractivity contribution in [3.63, 3.8) is 0 Å². The van der Waals surface area contributed by atoms with Crippen LogP contribution in [0.25, 0.3) is 10.8 Å². The standard InChI is InChI=1S/C14H8O2/c15-13-7-11-5-9-3-1-2-4-10(9)6-12(11)8-14(13)16/h1-6H,7H2. The Labute approximate surface area is 92.9 Å². The van der Waals surface area contributed by atoms with Crippen LogP contribution in [0.4, 0.5) is 0 Å². The summed E-state index contributed by atoms with van der Waals surface area (Å²) < 4.78 is 0. The molecule has 2 aromatic carbocycles. The van der Waals surface area contributed by atoms with Gasteiger partial charge in [0.25, 0.3) is 0 Å². The minimum absolute atomic E-state index is 0.200. The molecule has 2 radical (unpaired) electrons. The number of carbonyl (C=O) groups is 2. The van der Waals surface area contributed by atoms with E-state index in [1.54, 1.807) is 0 Å². The molecule has 1 aliphatic carbocycles. The number of rotatable bonds is 0. The van der Waals surface area contributed by atoms with E-state index in [1.807, 2.05) is 36.4 Å². The van der Waals surface area contributed by atoms with Crippen LogP contribution in [0.15, 0.2) is 36.4 Å². The van der Waals surface area contributed by atoms with E-state index in [1.165, 1.54) is 0 Å². The molecule has 0 saturated carbocycles. The Morgan fingerprint density at radius 3 is 2.44 bits per heavy atom. The molecule has 0 bridgehead atoms. The number of carbonyl (C=O) groups excluding carboxylic acids is 2. The fraction of sp³-hybridized carbons (Fsp3) is 0.0714. The third-order valence-electron chi connectivity index (χ3n) is 2.82. The third kappa shape index (κ3) is 1.34. The summed E-state index contributed by atoms with van der Waals surface area (Å²) in [7, 11) is 0. The molecule has 0 spiro atoms. The zero-order chi connectivity index (χ0) is 11.1. The summed E-state index contributed by atoms with van der Waals surface area (Å²) in [4.78, 5) is 22.5. The number of hydrogen-bond acceptors (Lipinski definition) is 2. The predicted octanol–water partition coefficient (Wildman–Crippen LogP) is 1.96. The maximum atomic E-state index is 11.3. The molecule has 0 saturated heterocycles. The zero-order valence-electron chi connectivity index (χ0n) is 8.49. The van der Waals surface area contributed by atoms with E-state index in [0.717, 1.165) is 21.9 Å². The highest BCUT2D eigenvalue weighted by Gasteiger charge is 2.24. The highest BCUT2D eigenvalue weighted by atomic mass is 16.2. The van der Waals surface area contributed by atoms with Crippen molar-refractivity contribution in [3.05, 3.63) is 53.9 Å². The highest BCUT2D eigenvalue weighted by Crippen LogP contribution is 2.25. The fourth-order valence-electron chi connectivity index (χ4n) is 2.00. The normalized spacial score (nSPS) is 15.2. The largest absolute Gasteiger partial charge is 0.290 e.